The van der Waals surface area contributed by atoms with Crippen LogP contribution in [0.25, 0.3) is 0 Å². The molecule has 0 N–H and O–H groups in total. The van der Waals surface area contributed by atoms with Crippen molar-refractivity contribution in [2.45, 2.75) is 58.3 Å². The summed E-state index contributed by atoms with van der Waals surface area (Å²) in [6, 6.07) is 18.4. The molecule has 0 saturated heterocycles. The minimum absolute atomic E-state index is 0.816. The molecular weight excluding hydrogens is 264 g/mol. The molecule has 0 nitrogen and oxygen atoms in total. The van der Waals surface area contributed by atoms with Gasteiger partial charge in [0.05, 0.1) is 0 Å². The highest BCUT2D eigenvalue weighted by atomic mass is 14.3. The fourth-order valence-corrected chi connectivity index (χ4v) is 3.72. The molecule has 116 valence electrons. The van der Waals surface area contributed by atoms with Gasteiger partial charge in [-0.05, 0) is 67.6 Å². The predicted molar refractivity (Wildman–Crippen MR) is 95.4 cm³/mol. The predicted octanol–water partition coefficient (Wildman–Crippen LogP) is 6.07. The van der Waals surface area contributed by atoms with E-state index in [4.69, 9.17) is 0 Å². The van der Waals surface area contributed by atoms with E-state index in [-0.39, 0.29) is 0 Å². The monoisotopic (exact) mass is 292 g/mol. The smallest absolute Gasteiger partial charge is 0.0159 e. The molecule has 1 aliphatic carbocycles. The summed E-state index contributed by atoms with van der Waals surface area (Å²) in [5, 5.41) is 0. The lowest BCUT2D eigenvalue weighted by Gasteiger charge is -2.11. The summed E-state index contributed by atoms with van der Waals surface area (Å²) in [5.41, 5.74) is 5.86. The summed E-state index contributed by atoms with van der Waals surface area (Å²) in [7, 11) is 0. The zero-order valence-electron chi connectivity index (χ0n) is 14.0. The summed E-state index contributed by atoms with van der Waals surface area (Å²) in [4.78, 5) is 0. The van der Waals surface area contributed by atoms with Gasteiger partial charge in [0.2, 0.25) is 0 Å². The standard InChI is InChI=1S/C22H28/c1-17-6-9-19(10-7-17)4-3-5-20-11-14-21(15-12-20)22-13-8-18(2)16-22/h6-7,9-12,14-15,18,22H,3-5,8,13,16H2,1-2H3. The van der Waals surface area contributed by atoms with Crippen LogP contribution in [0.5, 0.6) is 0 Å². The fourth-order valence-electron chi connectivity index (χ4n) is 3.72. The topological polar surface area (TPSA) is 0 Å². The van der Waals surface area contributed by atoms with E-state index in [9.17, 15) is 0 Å². The van der Waals surface area contributed by atoms with Gasteiger partial charge in [-0.3, -0.25) is 0 Å². The maximum Gasteiger partial charge on any atom is -0.0159 e. The molecule has 3 rings (SSSR count). The van der Waals surface area contributed by atoms with Crippen LogP contribution in [0.4, 0.5) is 0 Å². The molecule has 0 amide bonds. The van der Waals surface area contributed by atoms with Gasteiger partial charge in [-0.25, -0.2) is 0 Å². The van der Waals surface area contributed by atoms with Crippen molar-refractivity contribution in [1.29, 1.82) is 0 Å². The quantitative estimate of drug-likeness (QED) is 0.627. The highest BCUT2D eigenvalue weighted by Gasteiger charge is 2.22. The first-order valence-corrected chi connectivity index (χ1v) is 8.85. The van der Waals surface area contributed by atoms with Crippen LogP contribution in [-0.4, -0.2) is 0 Å². The molecule has 1 fully saturated rings. The van der Waals surface area contributed by atoms with Crippen molar-refractivity contribution < 1.29 is 0 Å². The van der Waals surface area contributed by atoms with Crippen molar-refractivity contribution in [1.82, 2.24) is 0 Å². The van der Waals surface area contributed by atoms with Crippen LogP contribution >= 0.6 is 0 Å². The Balaban J connectivity index is 1.49. The summed E-state index contributed by atoms with van der Waals surface area (Å²) in [6.07, 6.45) is 7.78. The number of benzene rings is 2. The highest BCUT2D eigenvalue weighted by Crippen LogP contribution is 2.37. The first kappa shape index (κ1) is 15.3. The van der Waals surface area contributed by atoms with E-state index in [1.165, 1.54) is 55.2 Å². The van der Waals surface area contributed by atoms with E-state index >= 15 is 0 Å². The molecule has 1 aliphatic rings. The third-order valence-corrected chi connectivity index (χ3v) is 5.20. The number of rotatable bonds is 5. The average molecular weight is 292 g/mol. The summed E-state index contributed by atoms with van der Waals surface area (Å²) < 4.78 is 0. The zero-order chi connectivity index (χ0) is 15.4. The van der Waals surface area contributed by atoms with Crippen molar-refractivity contribution in [2.75, 3.05) is 0 Å². The molecule has 0 radical (unpaired) electrons. The van der Waals surface area contributed by atoms with Crippen LogP contribution in [0, 0.1) is 12.8 Å². The van der Waals surface area contributed by atoms with Gasteiger partial charge in [-0.2, -0.15) is 0 Å². The van der Waals surface area contributed by atoms with Gasteiger partial charge in [0.15, 0.2) is 0 Å². The zero-order valence-corrected chi connectivity index (χ0v) is 14.0. The van der Waals surface area contributed by atoms with E-state index in [0.717, 1.165) is 11.8 Å². The molecule has 0 aliphatic heterocycles. The van der Waals surface area contributed by atoms with E-state index < -0.39 is 0 Å². The van der Waals surface area contributed by atoms with Crippen molar-refractivity contribution in [3.63, 3.8) is 0 Å². The first-order chi connectivity index (χ1) is 10.7. The minimum atomic E-state index is 0.816. The third kappa shape index (κ3) is 4.00. The highest BCUT2D eigenvalue weighted by molar-refractivity contribution is 5.27. The molecule has 0 bridgehead atoms. The van der Waals surface area contributed by atoms with Gasteiger partial charge >= 0.3 is 0 Å². The molecule has 0 spiro atoms. The van der Waals surface area contributed by atoms with Crippen LogP contribution in [0.1, 0.15) is 60.8 Å². The normalized spacial score (nSPS) is 21.2. The van der Waals surface area contributed by atoms with Gasteiger partial charge in [0.25, 0.3) is 0 Å². The van der Waals surface area contributed by atoms with Crippen LogP contribution < -0.4 is 0 Å². The first-order valence-electron chi connectivity index (χ1n) is 8.85. The molecule has 0 heterocycles. The molecule has 2 atom stereocenters. The van der Waals surface area contributed by atoms with E-state index in [2.05, 4.69) is 62.4 Å². The van der Waals surface area contributed by atoms with Crippen molar-refractivity contribution in [3.8, 4) is 0 Å². The Morgan fingerprint density at radius 2 is 1.41 bits per heavy atom. The minimum Gasteiger partial charge on any atom is -0.0625 e. The molecule has 2 aromatic carbocycles. The number of hydrogen-bond donors (Lipinski definition) is 0. The fraction of sp³-hybridized carbons (Fsp3) is 0.455. The molecule has 1 saturated carbocycles. The lowest BCUT2D eigenvalue weighted by atomic mass is 9.94. The molecule has 0 heteroatoms. The summed E-state index contributed by atoms with van der Waals surface area (Å²) in [6.45, 7) is 4.54. The van der Waals surface area contributed by atoms with Gasteiger partial charge in [-0.1, -0.05) is 67.4 Å². The molecule has 0 aromatic heterocycles. The Bertz CT molecular complexity index is 576. The SMILES string of the molecule is Cc1ccc(CCCc2ccc(C3CCC(C)C3)cc2)cc1. The second-order valence-corrected chi connectivity index (χ2v) is 7.20. The van der Waals surface area contributed by atoms with Gasteiger partial charge in [-0.15, -0.1) is 0 Å². The Morgan fingerprint density at radius 3 is 1.95 bits per heavy atom. The largest absolute Gasteiger partial charge is 0.0625 e. The molecular formula is C22H28. The van der Waals surface area contributed by atoms with Crippen LogP contribution in [0.15, 0.2) is 48.5 Å². The summed E-state index contributed by atoms with van der Waals surface area (Å²) in [5.74, 6) is 1.73. The Labute approximate surface area is 135 Å². The Hall–Kier alpha value is -1.56. The van der Waals surface area contributed by atoms with Gasteiger partial charge in [0, 0.05) is 0 Å². The van der Waals surface area contributed by atoms with Crippen LogP contribution in [0.3, 0.4) is 0 Å². The third-order valence-electron chi connectivity index (χ3n) is 5.20. The molecule has 22 heavy (non-hydrogen) atoms. The maximum atomic E-state index is 2.39. The average Bonchev–Trinajstić information content (AvgIpc) is 2.97. The lowest BCUT2D eigenvalue weighted by Crippen LogP contribution is -1.95. The Kier molecular flexibility index (Phi) is 4.97. The van der Waals surface area contributed by atoms with Crippen LogP contribution in [-0.2, 0) is 12.8 Å². The van der Waals surface area contributed by atoms with E-state index in [1.54, 1.807) is 5.56 Å². The van der Waals surface area contributed by atoms with Gasteiger partial charge < -0.3 is 0 Å². The summed E-state index contributed by atoms with van der Waals surface area (Å²) >= 11 is 0. The number of hydrogen-bond acceptors (Lipinski definition) is 0. The maximum absolute atomic E-state index is 2.39. The second-order valence-electron chi connectivity index (χ2n) is 7.20. The van der Waals surface area contributed by atoms with Crippen molar-refractivity contribution >= 4 is 0 Å². The molecule has 2 aromatic rings. The van der Waals surface area contributed by atoms with Crippen molar-refractivity contribution in [2.24, 2.45) is 5.92 Å². The van der Waals surface area contributed by atoms with Gasteiger partial charge in [0.1, 0.15) is 0 Å². The lowest BCUT2D eigenvalue weighted by molar-refractivity contribution is 0.596. The van der Waals surface area contributed by atoms with E-state index in [0.29, 0.717) is 0 Å². The van der Waals surface area contributed by atoms with E-state index in [1.807, 2.05) is 0 Å². The number of aryl methyl sites for hydroxylation is 3. The molecule has 2 unspecified atom stereocenters. The Morgan fingerprint density at radius 1 is 0.818 bits per heavy atom. The van der Waals surface area contributed by atoms with Crippen LogP contribution in [0.2, 0.25) is 0 Å². The van der Waals surface area contributed by atoms with Crippen molar-refractivity contribution in [3.05, 3.63) is 70.8 Å². The second kappa shape index (κ2) is 7.13.